The molecule has 1 atom stereocenters. The molecule has 1 unspecified atom stereocenters. The third kappa shape index (κ3) is 4.24. The van der Waals surface area contributed by atoms with Gasteiger partial charge in [-0.3, -0.25) is 0 Å². The number of aryl methyl sites for hydroxylation is 1. The van der Waals surface area contributed by atoms with Gasteiger partial charge in [0.2, 0.25) is 5.75 Å². The van der Waals surface area contributed by atoms with E-state index in [0.29, 0.717) is 17.2 Å². The van der Waals surface area contributed by atoms with E-state index in [0.717, 1.165) is 29.5 Å². The van der Waals surface area contributed by atoms with Crippen LogP contribution in [0, 0.1) is 0 Å². The van der Waals surface area contributed by atoms with Crippen molar-refractivity contribution in [1.82, 2.24) is 0 Å². The molecule has 0 saturated heterocycles. The van der Waals surface area contributed by atoms with Gasteiger partial charge in [0.15, 0.2) is 19.8 Å². The van der Waals surface area contributed by atoms with E-state index in [2.05, 4.69) is 46.5 Å². The van der Waals surface area contributed by atoms with Gasteiger partial charge in [-0.1, -0.05) is 33.4 Å². The molecule has 1 aromatic rings. The first-order chi connectivity index (χ1) is 12.6. The van der Waals surface area contributed by atoms with Crippen LogP contribution in [-0.4, -0.2) is 35.8 Å². The Labute approximate surface area is 165 Å². The highest BCUT2D eigenvalue weighted by molar-refractivity contribution is 6.74. The van der Waals surface area contributed by atoms with Gasteiger partial charge in [-0.15, -0.1) is 0 Å². The Hall–Kier alpha value is -1.72. The summed E-state index contributed by atoms with van der Waals surface area (Å²) in [6.45, 7) is 15.4. The number of allylic oxidation sites excluding steroid dienone is 2. The van der Waals surface area contributed by atoms with Gasteiger partial charge in [-0.2, -0.15) is 0 Å². The lowest BCUT2D eigenvalue weighted by Gasteiger charge is -2.38. The third-order valence-corrected chi connectivity index (χ3v) is 10.2. The fourth-order valence-electron chi connectivity index (χ4n) is 3.20. The summed E-state index contributed by atoms with van der Waals surface area (Å²) < 4.78 is 23.5. The van der Waals surface area contributed by atoms with Crippen LogP contribution >= 0.6 is 0 Å². The number of hydrogen-bond acceptors (Lipinski definition) is 4. The van der Waals surface area contributed by atoms with Crippen LogP contribution in [0.2, 0.25) is 18.1 Å². The van der Waals surface area contributed by atoms with Gasteiger partial charge in [0.25, 0.3) is 0 Å². The van der Waals surface area contributed by atoms with E-state index in [9.17, 15) is 0 Å². The first-order valence-electron chi connectivity index (χ1n) is 9.44. The van der Waals surface area contributed by atoms with Crippen molar-refractivity contribution < 1.29 is 18.6 Å². The van der Waals surface area contributed by atoms with Crippen molar-refractivity contribution >= 4 is 13.9 Å². The summed E-state index contributed by atoms with van der Waals surface area (Å²) in [5.41, 5.74) is 3.20. The van der Waals surface area contributed by atoms with Crippen LogP contribution in [0.1, 0.15) is 38.3 Å². The molecule has 0 radical (unpaired) electrons. The average molecular weight is 391 g/mol. The molecule has 0 saturated carbocycles. The maximum absolute atomic E-state index is 6.68. The number of fused-ring (bicyclic) bond motifs is 1. The minimum absolute atomic E-state index is 0.0491. The van der Waals surface area contributed by atoms with E-state index in [1.165, 1.54) is 0 Å². The molecule has 2 rings (SSSR count). The molecule has 4 nitrogen and oxygen atoms in total. The molecular weight excluding hydrogens is 356 g/mol. The number of rotatable bonds is 6. The zero-order valence-corrected chi connectivity index (χ0v) is 19.1. The standard InChI is InChI=1S/C22H34O4Si/c1-10-15-13-17(26-27(8,9)22(2,3)4)12-11-16-14-18(23-5)20(24-6)21(25-7)19(15)16/h10,13-14,17H,1,11-12H2,2-9H3. The molecule has 0 aromatic heterocycles. The molecule has 0 spiro atoms. The summed E-state index contributed by atoms with van der Waals surface area (Å²) >= 11 is 0. The van der Waals surface area contributed by atoms with Gasteiger partial charge in [0, 0.05) is 5.56 Å². The van der Waals surface area contributed by atoms with Crippen LogP contribution in [0.3, 0.4) is 0 Å². The number of methoxy groups -OCH3 is 3. The van der Waals surface area contributed by atoms with Crippen molar-refractivity contribution in [1.29, 1.82) is 0 Å². The van der Waals surface area contributed by atoms with Crippen LogP contribution in [-0.2, 0) is 10.8 Å². The summed E-state index contributed by atoms with van der Waals surface area (Å²) in [4.78, 5) is 0. The van der Waals surface area contributed by atoms with Crippen molar-refractivity contribution in [2.45, 2.75) is 57.8 Å². The summed E-state index contributed by atoms with van der Waals surface area (Å²) in [7, 11) is 3.06. The molecule has 27 heavy (non-hydrogen) atoms. The van der Waals surface area contributed by atoms with E-state index in [-0.39, 0.29) is 11.1 Å². The molecule has 1 aliphatic carbocycles. The summed E-state index contributed by atoms with van der Waals surface area (Å²) in [6.07, 6.45) is 5.90. The Morgan fingerprint density at radius 3 is 2.19 bits per heavy atom. The van der Waals surface area contributed by atoms with Gasteiger partial charge in [0.1, 0.15) is 0 Å². The molecule has 0 amide bonds. The van der Waals surface area contributed by atoms with Crippen LogP contribution in [0.15, 0.2) is 24.8 Å². The Kier molecular flexibility index (Phi) is 6.48. The summed E-state index contributed by atoms with van der Waals surface area (Å²) in [6, 6.07) is 2.04. The number of ether oxygens (including phenoxy) is 3. The van der Waals surface area contributed by atoms with Gasteiger partial charge in [0.05, 0.1) is 27.4 Å². The summed E-state index contributed by atoms with van der Waals surface area (Å²) in [5.74, 6) is 1.97. The molecule has 1 aliphatic rings. The Balaban J connectivity index is 2.54. The van der Waals surface area contributed by atoms with Crippen molar-refractivity contribution in [2.24, 2.45) is 0 Å². The topological polar surface area (TPSA) is 36.9 Å². The smallest absolute Gasteiger partial charge is 0.203 e. The van der Waals surface area contributed by atoms with E-state index >= 15 is 0 Å². The van der Waals surface area contributed by atoms with Gasteiger partial charge < -0.3 is 18.6 Å². The fourth-order valence-corrected chi connectivity index (χ4v) is 4.50. The number of benzene rings is 1. The SMILES string of the molecule is C=CC1=CC(O[Si](C)(C)C(C)(C)C)CCc2cc(OC)c(OC)c(OC)c21. The highest BCUT2D eigenvalue weighted by Crippen LogP contribution is 2.47. The molecule has 1 aromatic carbocycles. The van der Waals surface area contributed by atoms with Crippen LogP contribution < -0.4 is 14.2 Å². The van der Waals surface area contributed by atoms with Crippen molar-refractivity contribution in [3.05, 3.63) is 35.9 Å². The lowest BCUT2D eigenvalue weighted by Crippen LogP contribution is -2.43. The zero-order valence-electron chi connectivity index (χ0n) is 18.1. The lowest BCUT2D eigenvalue weighted by molar-refractivity contribution is 0.216. The quantitative estimate of drug-likeness (QED) is 0.591. The van der Waals surface area contributed by atoms with Gasteiger partial charge in [-0.05, 0) is 54.3 Å². The second-order valence-electron chi connectivity index (χ2n) is 8.46. The second-order valence-corrected chi connectivity index (χ2v) is 13.2. The largest absolute Gasteiger partial charge is 0.493 e. The molecule has 0 bridgehead atoms. The first kappa shape index (κ1) is 21.6. The predicted molar refractivity (Wildman–Crippen MR) is 115 cm³/mol. The monoisotopic (exact) mass is 390 g/mol. The normalized spacial score (nSPS) is 17.5. The number of hydrogen-bond donors (Lipinski definition) is 0. The lowest BCUT2D eigenvalue weighted by atomic mass is 9.96. The Bertz CT molecular complexity index is 729. The molecular formula is C22H34O4Si. The van der Waals surface area contributed by atoms with Crippen molar-refractivity contribution in [3.63, 3.8) is 0 Å². The van der Waals surface area contributed by atoms with E-state index in [4.69, 9.17) is 18.6 Å². The fraction of sp³-hybridized carbons (Fsp3) is 0.545. The second kappa shape index (κ2) is 8.11. The first-order valence-corrected chi connectivity index (χ1v) is 12.3. The minimum atomic E-state index is -1.88. The Morgan fingerprint density at radius 2 is 1.70 bits per heavy atom. The predicted octanol–water partition coefficient (Wildman–Crippen LogP) is 5.62. The molecule has 0 fully saturated rings. The Morgan fingerprint density at radius 1 is 1.07 bits per heavy atom. The van der Waals surface area contributed by atoms with Crippen LogP contribution in [0.5, 0.6) is 17.2 Å². The molecule has 150 valence electrons. The van der Waals surface area contributed by atoms with Crippen molar-refractivity contribution in [3.8, 4) is 17.2 Å². The average Bonchev–Trinajstić information content (AvgIpc) is 2.77. The van der Waals surface area contributed by atoms with E-state index < -0.39 is 8.32 Å². The maximum atomic E-state index is 6.68. The third-order valence-electron chi connectivity index (χ3n) is 5.74. The zero-order chi connectivity index (χ0) is 20.4. The molecule has 0 N–H and O–H groups in total. The van der Waals surface area contributed by atoms with Gasteiger partial charge >= 0.3 is 0 Å². The molecule has 0 heterocycles. The molecule has 0 aliphatic heterocycles. The van der Waals surface area contributed by atoms with E-state index in [1.807, 2.05) is 12.1 Å². The highest BCUT2D eigenvalue weighted by Gasteiger charge is 2.39. The van der Waals surface area contributed by atoms with Crippen LogP contribution in [0.4, 0.5) is 0 Å². The van der Waals surface area contributed by atoms with Crippen LogP contribution in [0.25, 0.3) is 5.57 Å². The maximum Gasteiger partial charge on any atom is 0.203 e. The molecule has 5 heteroatoms. The summed E-state index contributed by atoms with van der Waals surface area (Å²) in [5, 5.41) is 0.165. The minimum Gasteiger partial charge on any atom is -0.493 e. The van der Waals surface area contributed by atoms with Gasteiger partial charge in [-0.25, -0.2) is 0 Å². The van der Waals surface area contributed by atoms with Crippen molar-refractivity contribution in [2.75, 3.05) is 21.3 Å². The van der Waals surface area contributed by atoms with E-state index in [1.54, 1.807) is 21.3 Å². The highest BCUT2D eigenvalue weighted by atomic mass is 28.4.